The molecule has 0 spiro atoms. The van der Waals surface area contributed by atoms with Crippen molar-refractivity contribution < 1.29 is 9.18 Å². The van der Waals surface area contributed by atoms with Crippen molar-refractivity contribution in [2.24, 2.45) is 0 Å². The maximum Gasteiger partial charge on any atom is 0.254 e. The molecule has 0 aliphatic rings. The predicted octanol–water partition coefficient (Wildman–Crippen LogP) is 1.82. The predicted molar refractivity (Wildman–Crippen MR) is 68.3 cm³/mol. The highest BCUT2D eigenvalue weighted by Crippen LogP contribution is 2.18. The molecule has 1 aromatic heterocycles. The molecule has 0 aliphatic carbocycles. The monoisotopic (exact) mass is 312 g/mol. The number of hydrogen-bond donors (Lipinski definition) is 3. The van der Waals surface area contributed by atoms with Crippen molar-refractivity contribution >= 4 is 27.7 Å². The summed E-state index contributed by atoms with van der Waals surface area (Å²) in [5, 5.41) is 8.84. The van der Waals surface area contributed by atoms with E-state index in [0.717, 1.165) is 0 Å². The fourth-order valence-electron chi connectivity index (χ4n) is 1.41. The highest BCUT2D eigenvalue weighted by Gasteiger charge is 2.14. The number of carbonyl (C=O) groups excluding carboxylic acids is 1. The number of anilines is 1. The maximum absolute atomic E-state index is 13.6. The summed E-state index contributed by atoms with van der Waals surface area (Å²) in [6.45, 7) is 0.188. The van der Waals surface area contributed by atoms with Crippen LogP contribution < -0.4 is 11.1 Å². The van der Waals surface area contributed by atoms with Gasteiger partial charge in [0, 0.05) is 12.1 Å². The van der Waals surface area contributed by atoms with Gasteiger partial charge in [0.2, 0.25) is 0 Å². The normalized spacial score (nSPS) is 10.3. The molecule has 4 N–H and O–H groups in total. The Labute approximate surface area is 111 Å². The number of H-pyrrole nitrogens is 1. The van der Waals surface area contributed by atoms with Gasteiger partial charge in [0.1, 0.15) is 11.6 Å². The van der Waals surface area contributed by atoms with E-state index in [4.69, 9.17) is 5.73 Å². The molecule has 0 atom stereocenters. The molecular weight excluding hydrogens is 303 g/mol. The Balaban J connectivity index is 2.09. The Morgan fingerprint density at radius 2 is 2.33 bits per heavy atom. The molecule has 2 rings (SSSR count). The molecule has 0 saturated carbocycles. The Morgan fingerprint density at radius 1 is 1.56 bits per heavy atom. The number of nitrogens with zero attached hydrogens (tertiary/aromatic N) is 1. The van der Waals surface area contributed by atoms with Crippen molar-refractivity contribution in [3.8, 4) is 0 Å². The second-order valence-corrected chi connectivity index (χ2v) is 4.45. The summed E-state index contributed by atoms with van der Waals surface area (Å²) in [6.07, 6.45) is 1.51. The van der Waals surface area contributed by atoms with Crippen molar-refractivity contribution in [1.29, 1.82) is 0 Å². The summed E-state index contributed by atoms with van der Waals surface area (Å²) in [7, 11) is 0. The molecule has 0 aliphatic heterocycles. The van der Waals surface area contributed by atoms with Gasteiger partial charge in [-0.25, -0.2) is 4.39 Å². The van der Waals surface area contributed by atoms with Crippen molar-refractivity contribution in [2.75, 3.05) is 5.73 Å². The lowest BCUT2D eigenvalue weighted by Crippen LogP contribution is -2.24. The number of hydrogen-bond acceptors (Lipinski definition) is 3. The zero-order valence-electron chi connectivity index (χ0n) is 9.21. The molecule has 0 fully saturated rings. The van der Waals surface area contributed by atoms with E-state index in [0.29, 0.717) is 11.4 Å². The minimum absolute atomic E-state index is 0.0218. The average molecular weight is 313 g/mol. The first kappa shape index (κ1) is 12.6. The summed E-state index contributed by atoms with van der Waals surface area (Å²) in [5.74, 6) is -0.713. The quantitative estimate of drug-likeness (QED) is 0.808. The van der Waals surface area contributed by atoms with E-state index >= 15 is 0 Å². The van der Waals surface area contributed by atoms with Crippen molar-refractivity contribution in [1.82, 2.24) is 15.5 Å². The zero-order valence-corrected chi connectivity index (χ0v) is 10.8. The molecule has 5 nitrogen and oxygen atoms in total. The molecular formula is C11H10BrFN4O. The number of rotatable bonds is 3. The number of aromatic nitrogens is 2. The number of aromatic amines is 1. The number of benzene rings is 1. The molecule has 1 aromatic carbocycles. The van der Waals surface area contributed by atoms with Gasteiger partial charge < -0.3 is 11.1 Å². The third kappa shape index (κ3) is 2.51. The summed E-state index contributed by atoms with van der Waals surface area (Å²) in [4.78, 5) is 11.8. The molecule has 18 heavy (non-hydrogen) atoms. The molecule has 1 amide bonds. The molecule has 2 aromatic rings. The summed E-state index contributed by atoms with van der Waals surface area (Å²) >= 11 is 3.03. The lowest BCUT2D eigenvalue weighted by molar-refractivity contribution is 0.0947. The van der Waals surface area contributed by atoms with Crippen LogP contribution >= 0.6 is 15.9 Å². The van der Waals surface area contributed by atoms with Crippen LogP contribution in [0.2, 0.25) is 0 Å². The van der Waals surface area contributed by atoms with Gasteiger partial charge in [0.15, 0.2) is 0 Å². The average Bonchev–Trinajstić information content (AvgIpc) is 2.75. The van der Waals surface area contributed by atoms with Gasteiger partial charge in [-0.2, -0.15) is 5.10 Å². The summed E-state index contributed by atoms with van der Waals surface area (Å²) in [6, 6.07) is 4.53. The van der Waals surface area contributed by atoms with Crippen molar-refractivity contribution in [2.45, 2.75) is 6.54 Å². The zero-order chi connectivity index (χ0) is 13.1. The van der Waals surface area contributed by atoms with Crippen molar-refractivity contribution in [3.63, 3.8) is 0 Å². The molecule has 7 heteroatoms. The van der Waals surface area contributed by atoms with Gasteiger partial charge in [0.05, 0.1) is 16.2 Å². The van der Waals surface area contributed by atoms with E-state index in [9.17, 15) is 9.18 Å². The number of nitrogen functional groups attached to an aromatic ring is 1. The Bertz CT molecular complexity index is 584. The van der Waals surface area contributed by atoms with Crippen LogP contribution in [0.1, 0.15) is 15.9 Å². The third-order valence-electron chi connectivity index (χ3n) is 2.39. The van der Waals surface area contributed by atoms with E-state index in [1.54, 1.807) is 6.07 Å². The van der Waals surface area contributed by atoms with Gasteiger partial charge in [-0.15, -0.1) is 0 Å². The fraction of sp³-hybridized carbons (Fsp3) is 0.0909. The summed E-state index contributed by atoms with van der Waals surface area (Å²) < 4.78 is 13.9. The lowest BCUT2D eigenvalue weighted by Gasteiger charge is -2.06. The fourth-order valence-corrected chi connectivity index (χ4v) is 1.78. The van der Waals surface area contributed by atoms with Gasteiger partial charge in [-0.3, -0.25) is 9.89 Å². The van der Waals surface area contributed by atoms with Gasteiger partial charge >= 0.3 is 0 Å². The van der Waals surface area contributed by atoms with Gasteiger partial charge in [0.25, 0.3) is 5.91 Å². The second kappa shape index (κ2) is 5.18. The van der Waals surface area contributed by atoms with Crippen molar-refractivity contribution in [3.05, 3.63) is 45.8 Å². The van der Waals surface area contributed by atoms with E-state index in [1.165, 1.54) is 18.3 Å². The van der Waals surface area contributed by atoms with Crippen LogP contribution in [-0.4, -0.2) is 16.1 Å². The Kier molecular flexibility index (Phi) is 3.61. The smallest absolute Gasteiger partial charge is 0.254 e. The van der Waals surface area contributed by atoms with E-state index < -0.39 is 11.7 Å². The van der Waals surface area contributed by atoms with Crippen LogP contribution in [0.15, 0.2) is 28.9 Å². The number of halogens is 2. The first-order valence-electron chi connectivity index (χ1n) is 5.09. The highest BCUT2D eigenvalue weighted by molar-refractivity contribution is 9.10. The molecule has 0 radical (unpaired) electrons. The SMILES string of the molecule is Nc1[nH]ncc1CNC(=O)c1cccc(Br)c1F. The maximum atomic E-state index is 13.6. The Hall–Kier alpha value is -1.89. The topological polar surface area (TPSA) is 83.8 Å². The van der Waals surface area contributed by atoms with Gasteiger partial charge in [-0.1, -0.05) is 6.07 Å². The van der Waals surface area contributed by atoms with E-state index in [1.807, 2.05) is 0 Å². The highest BCUT2D eigenvalue weighted by atomic mass is 79.9. The van der Waals surface area contributed by atoms with E-state index in [-0.39, 0.29) is 16.6 Å². The third-order valence-corrected chi connectivity index (χ3v) is 3.00. The first-order valence-corrected chi connectivity index (χ1v) is 5.89. The van der Waals surface area contributed by atoms with Crippen LogP contribution in [0.25, 0.3) is 0 Å². The first-order chi connectivity index (χ1) is 8.59. The number of amides is 1. The molecule has 0 bridgehead atoms. The van der Waals surface area contributed by atoms with Crippen LogP contribution in [-0.2, 0) is 6.54 Å². The lowest BCUT2D eigenvalue weighted by atomic mass is 10.2. The second-order valence-electron chi connectivity index (χ2n) is 3.59. The minimum Gasteiger partial charge on any atom is -0.384 e. The van der Waals surface area contributed by atoms with Crippen LogP contribution in [0.4, 0.5) is 10.2 Å². The van der Waals surface area contributed by atoms with E-state index in [2.05, 4.69) is 31.4 Å². The number of carbonyl (C=O) groups is 1. The Morgan fingerprint density at radius 3 is 3.00 bits per heavy atom. The van der Waals surface area contributed by atoms with Gasteiger partial charge in [-0.05, 0) is 28.1 Å². The van der Waals surface area contributed by atoms with Crippen LogP contribution in [0, 0.1) is 5.82 Å². The van der Waals surface area contributed by atoms with Crippen LogP contribution in [0.3, 0.4) is 0 Å². The molecule has 94 valence electrons. The molecule has 0 unspecified atom stereocenters. The number of nitrogens with one attached hydrogen (secondary N) is 2. The molecule has 0 saturated heterocycles. The molecule has 1 heterocycles. The summed E-state index contributed by atoms with van der Waals surface area (Å²) in [5.41, 5.74) is 6.20. The van der Waals surface area contributed by atoms with Crippen LogP contribution in [0.5, 0.6) is 0 Å². The number of nitrogens with two attached hydrogens (primary N) is 1. The minimum atomic E-state index is -0.588. The standard InChI is InChI=1S/C11H10BrFN4O/c12-8-3-1-2-7(9(8)13)11(18)15-4-6-5-16-17-10(6)14/h1-3,5H,4H2,(H,15,18)(H3,14,16,17). The largest absolute Gasteiger partial charge is 0.384 e.